The van der Waals surface area contributed by atoms with Crippen LogP contribution in [0.1, 0.15) is 22.3 Å². The maximum atomic E-state index is 6.88. The number of anilines is 3. The molecule has 0 saturated carbocycles. The molecular formula is C60H36N2O2. The van der Waals surface area contributed by atoms with Gasteiger partial charge < -0.3 is 13.7 Å². The van der Waals surface area contributed by atoms with E-state index >= 15 is 0 Å². The van der Waals surface area contributed by atoms with Crippen LogP contribution in [0.2, 0.25) is 0 Å². The SMILES string of the molecule is c1ccc(-c2ccc(N(c3cccc4c3-c3ccccc3C43c4ccccc4-c4ccccc43)c3c4ccccc4cc4oc5ccc(-c6nc7ccccc7o6)cc5c34)cc2)cc1. The Morgan fingerprint density at radius 3 is 1.81 bits per heavy atom. The summed E-state index contributed by atoms with van der Waals surface area (Å²) in [5.41, 5.74) is 19.4. The van der Waals surface area contributed by atoms with Gasteiger partial charge >= 0.3 is 0 Å². The molecule has 298 valence electrons. The molecule has 2 aliphatic rings. The second-order valence-electron chi connectivity index (χ2n) is 17.0. The molecule has 0 amide bonds. The monoisotopic (exact) mass is 816 g/mol. The van der Waals surface area contributed by atoms with Crippen LogP contribution < -0.4 is 4.90 Å². The fourth-order valence-corrected chi connectivity index (χ4v) is 11.1. The van der Waals surface area contributed by atoms with Crippen LogP contribution in [-0.2, 0) is 5.41 Å². The number of oxazole rings is 1. The smallest absolute Gasteiger partial charge is 0.227 e. The molecule has 64 heavy (non-hydrogen) atoms. The van der Waals surface area contributed by atoms with Crippen molar-refractivity contribution in [3.63, 3.8) is 0 Å². The number of fused-ring (bicyclic) bond motifs is 15. The van der Waals surface area contributed by atoms with Gasteiger partial charge in [0.1, 0.15) is 16.7 Å². The first-order chi connectivity index (χ1) is 31.7. The Morgan fingerprint density at radius 2 is 1.03 bits per heavy atom. The first-order valence-corrected chi connectivity index (χ1v) is 21.9. The van der Waals surface area contributed by atoms with E-state index in [4.69, 9.17) is 13.8 Å². The lowest BCUT2D eigenvalue weighted by atomic mass is 9.70. The van der Waals surface area contributed by atoms with E-state index < -0.39 is 5.41 Å². The lowest BCUT2D eigenvalue weighted by molar-refractivity contribution is 0.620. The number of benzene rings is 10. The van der Waals surface area contributed by atoms with Crippen molar-refractivity contribution in [1.29, 1.82) is 0 Å². The van der Waals surface area contributed by atoms with Gasteiger partial charge in [0.25, 0.3) is 0 Å². The van der Waals surface area contributed by atoms with E-state index in [2.05, 4.69) is 193 Å². The molecule has 4 nitrogen and oxygen atoms in total. The van der Waals surface area contributed by atoms with Gasteiger partial charge in [-0.15, -0.1) is 0 Å². The molecule has 0 radical (unpaired) electrons. The summed E-state index contributed by atoms with van der Waals surface area (Å²) in [5.74, 6) is 0.577. The van der Waals surface area contributed by atoms with E-state index in [0.717, 1.165) is 72.0 Å². The maximum Gasteiger partial charge on any atom is 0.227 e. The third-order valence-corrected chi connectivity index (χ3v) is 13.7. The number of nitrogens with zero attached hydrogens (tertiary/aromatic N) is 2. The average Bonchev–Trinajstić information content (AvgIpc) is 4.11. The molecule has 10 aromatic carbocycles. The van der Waals surface area contributed by atoms with Crippen LogP contribution in [0.4, 0.5) is 17.1 Å². The van der Waals surface area contributed by atoms with E-state index in [1.165, 1.54) is 50.1 Å². The minimum atomic E-state index is -0.497. The minimum absolute atomic E-state index is 0.497. The maximum absolute atomic E-state index is 6.88. The number of para-hydroxylation sites is 2. The number of furan rings is 1. The van der Waals surface area contributed by atoms with E-state index in [1.54, 1.807) is 0 Å². The molecule has 1 spiro atoms. The van der Waals surface area contributed by atoms with E-state index in [1.807, 2.05) is 30.3 Å². The fourth-order valence-electron chi connectivity index (χ4n) is 11.1. The summed E-state index contributed by atoms with van der Waals surface area (Å²) >= 11 is 0. The number of aromatic nitrogens is 1. The number of hydrogen-bond acceptors (Lipinski definition) is 4. The molecule has 12 aromatic rings. The van der Waals surface area contributed by atoms with Crippen LogP contribution >= 0.6 is 0 Å². The Labute approximate surface area is 368 Å². The van der Waals surface area contributed by atoms with Gasteiger partial charge in [0, 0.05) is 27.6 Å². The predicted octanol–water partition coefficient (Wildman–Crippen LogP) is 16.0. The zero-order chi connectivity index (χ0) is 41.9. The van der Waals surface area contributed by atoms with Crippen LogP contribution in [0.3, 0.4) is 0 Å². The standard InChI is InChI=1S/C60H36N2O2/c1-2-15-37(16-3-1)38-29-32-41(33-30-38)62(52-27-14-25-50-56(52)45-21-8-11-24-49(45)60(50)47-22-9-6-19-43(47)44-20-7-10-23-48(44)60)58-42-18-5-4-17-39(42)36-55-57(58)46-35-40(31-34-53(46)63-55)59-61-51-26-12-13-28-54(51)64-59/h1-36H. The van der Waals surface area contributed by atoms with Gasteiger partial charge in [-0.3, -0.25) is 0 Å². The molecule has 0 bridgehead atoms. The van der Waals surface area contributed by atoms with Crippen molar-refractivity contribution < 1.29 is 8.83 Å². The largest absolute Gasteiger partial charge is 0.456 e. The highest BCUT2D eigenvalue weighted by Crippen LogP contribution is 2.65. The van der Waals surface area contributed by atoms with Crippen molar-refractivity contribution in [2.75, 3.05) is 4.90 Å². The summed E-state index contributed by atoms with van der Waals surface area (Å²) in [7, 11) is 0. The van der Waals surface area contributed by atoms with Crippen molar-refractivity contribution in [1.82, 2.24) is 4.98 Å². The second kappa shape index (κ2) is 13.3. The Balaban J connectivity index is 1.10. The summed E-state index contributed by atoms with van der Waals surface area (Å²) in [5, 5.41) is 4.22. The molecular weight excluding hydrogens is 781 g/mol. The van der Waals surface area contributed by atoms with Gasteiger partial charge in [-0.1, -0.05) is 164 Å². The molecule has 2 aromatic heterocycles. The van der Waals surface area contributed by atoms with E-state index in [9.17, 15) is 0 Å². The Hall–Kier alpha value is -8.47. The highest BCUT2D eigenvalue weighted by Gasteiger charge is 2.52. The van der Waals surface area contributed by atoms with Crippen LogP contribution in [0, 0.1) is 0 Å². The van der Waals surface area contributed by atoms with Crippen LogP contribution in [0.5, 0.6) is 0 Å². The third kappa shape index (κ3) is 4.79. The third-order valence-electron chi connectivity index (χ3n) is 13.7. The Kier molecular flexibility index (Phi) is 7.29. The van der Waals surface area contributed by atoms with Crippen LogP contribution in [-0.4, -0.2) is 4.98 Å². The van der Waals surface area contributed by atoms with Crippen molar-refractivity contribution >= 4 is 60.9 Å². The van der Waals surface area contributed by atoms with Gasteiger partial charge in [0.05, 0.1) is 22.2 Å². The Morgan fingerprint density at radius 1 is 0.406 bits per heavy atom. The number of rotatable bonds is 5. The van der Waals surface area contributed by atoms with Crippen molar-refractivity contribution in [2.45, 2.75) is 5.41 Å². The van der Waals surface area contributed by atoms with Gasteiger partial charge in [-0.25, -0.2) is 4.98 Å². The van der Waals surface area contributed by atoms with Gasteiger partial charge in [-0.05, 0) is 110 Å². The first kappa shape index (κ1) is 35.2. The predicted molar refractivity (Wildman–Crippen MR) is 261 cm³/mol. The van der Waals surface area contributed by atoms with Crippen molar-refractivity contribution in [3.05, 3.63) is 241 Å². The molecule has 4 heteroatoms. The van der Waals surface area contributed by atoms with Crippen LogP contribution in [0.25, 0.3) is 88.6 Å². The van der Waals surface area contributed by atoms with Crippen LogP contribution in [0.15, 0.2) is 227 Å². The molecule has 0 atom stereocenters. The summed E-state index contributed by atoms with van der Waals surface area (Å²) in [4.78, 5) is 7.41. The van der Waals surface area contributed by atoms with Gasteiger partial charge in [-0.2, -0.15) is 0 Å². The first-order valence-electron chi connectivity index (χ1n) is 21.9. The van der Waals surface area contributed by atoms with E-state index in [-0.39, 0.29) is 0 Å². The molecule has 0 saturated heterocycles. The molecule has 0 unspecified atom stereocenters. The zero-order valence-corrected chi connectivity index (χ0v) is 34.5. The number of hydrogen-bond donors (Lipinski definition) is 0. The molecule has 0 aliphatic heterocycles. The topological polar surface area (TPSA) is 42.4 Å². The quantitative estimate of drug-likeness (QED) is 0.174. The van der Waals surface area contributed by atoms with Crippen molar-refractivity contribution in [3.8, 4) is 44.8 Å². The average molecular weight is 817 g/mol. The Bertz CT molecular complexity index is 3780. The molecule has 0 N–H and O–H groups in total. The molecule has 0 fully saturated rings. The fraction of sp³-hybridized carbons (Fsp3) is 0.0167. The van der Waals surface area contributed by atoms with Gasteiger partial charge in [0.2, 0.25) is 5.89 Å². The lowest BCUT2D eigenvalue weighted by Gasteiger charge is -2.32. The summed E-state index contributed by atoms with van der Waals surface area (Å²) in [6, 6.07) is 78.8. The summed E-state index contributed by atoms with van der Waals surface area (Å²) in [6.45, 7) is 0. The summed E-state index contributed by atoms with van der Waals surface area (Å²) < 4.78 is 13.2. The lowest BCUT2D eigenvalue weighted by Crippen LogP contribution is -2.26. The summed E-state index contributed by atoms with van der Waals surface area (Å²) in [6.07, 6.45) is 0. The molecule has 2 aliphatic carbocycles. The van der Waals surface area contributed by atoms with Crippen molar-refractivity contribution in [2.24, 2.45) is 0 Å². The van der Waals surface area contributed by atoms with Gasteiger partial charge in [0.15, 0.2) is 5.58 Å². The molecule has 2 heterocycles. The normalized spacial score (nSPS) is 13.1. The second-order valence-corrected chi connectivity index (χ2v) is 17.0. The zero-order valence-electron chi connectivity index (χ0n) is 34.5. The highest BCUT2D eigenvalue weighted by molar-refractivity contribution is 6.23. The molecule has 14 rings (SSSR count). The van der Waals surface area contributed by atoms with E-state index in [0.29, 0.717) is 5.89 Å². The highest BCUT2D eigenvalue weighted by atomic mass is 16.3. The minimum Gasteiger partial charge on any atom is -0.456 e.